The van der Waals surface area contributed by atoms with Crippen LogP contribution < -0.4 is 5.32 Å². The van der Waals surface area contributed by atoms with Gasteiger partial charge in [-0.05, 0) is 18.6 Å². The van der Waals surface area contributed by atoms with Crippen molar-refractivity contribution in [3.8, 4) is 0 Å². The summed E-state index contributed by atoms with van der Waals surface area (Å²) in [7, 11) is 0. The van der Waals surface area contributed by atoms with E-state index in [4.69, 9.17) is 11.6 Å². The number of rotatable bonds is 2. The van der Waals surface area contributed by atoms with Crippen LogP contribution in [0.25, 0.3) is 0 Å². The predicted octanol–water partition coefficient (Wildman–Crippen LogP) is 1.53. The monoisotopic (exact) mass is 211 g/mol. The lowest BCUT2D eigenvalue weighted by molar-refractivity contribution is -0.00900. The molecular weight excluding hydrogens is 198 g/mol. The lowest BCUT2D eigenvalue weighted by Crippen LogP contribution is -2.60. The van der Waals surface area contributed by atoms with E-state index in [9.17, 15) is 5.11 Å². The maximum atomic E-state index is 9.96. The van der Waals surface area contributed by atoms with Crippen molar-refractivity contribution in [2.45, 2.75) is 18.9 Å². The van der Waals surface area contributed by atoms with Gasteiger partial charge in [-0.1, -0.05) is 29.3 Å². The van der Waals surface area contributed by atoms with Crippen molar-refractivity contribution in [2.24, 2.45) is 0 Å². The van der Waals surface area contributed by atoms with Crippen LogP contribution in [0.2, 0.25) is 5.02 Å². The first kappa shape index (κ1) is 9.97. The topological polar surface area (TPSA) is 32.3 Å². The Bertz CT molecular complexity index is 347. The molecule has 0 aromatic heterocycles. The van der Waals surface area contributed by atoms with Crippen LogP contribution in [0.15, 0.2) is 18.2 Å². The van der Waals surface area contributed by atoms with Crippen molar-refractivity contribution in [2.75, 3.05) is 13.1 Å². The first-order valence-corrected chi connectivity index (χ1v) is 5.15. The Labute approximate surface area is 88.9 Å². The molecular formula is C11H14ClNO. The quantitative estimate of drug-likeness (QED) is 0.778. The maximum absolute atomic E-state index is 9.96. The van der Waals surface area contributed by atoms with E-state index < -0.39 is 5.60 Å². The Hall–Kier alpha value is -0.570. The molecule has 0 spiro atoms. The molecule has 0 amide bonds. The summed E-state index contributed by atoms with van der Waals surface area (Å²) in [6.07, 6.45) is 0.639. The van der Waals surface area contributed by atoms with Gasteiger partial charge in [0.1, 0.15) is 0 Å². The fourth-order valence-corrected chi connectivity index (χ4v) is 1.92. The molecule has 14 heavy (non-hydrogen) atoms. The second-order valence-electron chi connectivity index (χ2n) is 4.10. The van der Waals surface area contributed by atoms with Gasteiger partial charge in [0.2, 0.25) is 0 Å². The summed E-state index contributed by atoms with van der Waals surface area (Å²) < 4.78 is 0. The molecule has 2 rings (SSSR count). The number of halogens is 1. The van der Waals surface area contributed by atoms with Gasteiger partial charge in [0, 0.05) is 24.5 Å². The highest BCUT2D eigenvalue weighted by atomic mass is 35.5. The van der Waals surface area contributed by atoms with Crippen molar-refractivity contribution in [3.63, 3.8) is 0 Å². The van der Waals surface area contributed by atoms with E-state index in [1.165, 1.54) is 5.56 Å². The highest BCUT2D eigenvalue weighted by Gasteiger charge is 2.34. The summed E-state index contributed by atoms with van der Waals surface area (Å²) in [6, 6.07) is 5.91. The summed E-state index contributed by atoms with van der Waals surface area (Å²) in [6.45, 7) is 3.36. The molecule has 1 aliphatic heterocycles. The number of benzene rings is 1. The zero-order valence-electron chi connectivity index (χ0n) is 8.18. The second kappa shape index (κ2) is 3.54. The van der Waals surface area contributed by atoms with Crippen LogP contribution in [0.3, 0.4) is 0 Å². The van der Waals surface area contributed by atoms with Crippen LogP contribution in [0.5, 0.6) is 0 Å². The molecule has 1 aromatic rings. The van der Waals surface area contributed by atoms with Crippen LogP contribution >= 0.6 is 11.6 Å². The summed E-state index contributed by atoms with van der Waals surface area (Å²) >= 11 is 6.05. The molecule has 1 saturated heterocycles. The van der Waals surface area contributed by atoms with Gasteiger partial charge in [-0.15, -0.1) is 0 Å². The average Bonchev–Trinajstić information content (AvgIpc) is 2.09. The molecule has 3 heteroatoms. The SMILES string of the molecule is Cc1ccc(Cl)c(CC2(O)CNC2)c1. The van der Waals surface area contributed by atoms with Crippen molar-refractivity contribution in [1.29, 1.82) is 0 Å². The molecule has 1 aromatic carbocycles. The normalized spacial score (nSPS) is 19.1. The number of hydrogen-bond donors (Lipinski definition) is 2. The first-order chi connectivity index (χ1) is 6.59. The Kier molecular flexibility index (Phi) is 2.52. The molecule has 0 aliphatic carbocycles. The largest absolute Gasteiger partial charge is 0.387 e. The van der Waals surface area contributed by atoms with Crippen LogP contribution in [-0.2, 0) is 6.42 Å². The van der Waals surface area contributed by atoms with Gasteiger partial charge < -0.3 is 10.4 Å². The molecule has 0 atom stereocenters. The average molecular weight is 212 g/mol. The van der Waals surface area contributed by atoms with Gasteiger partial charge in [0.15, 0.2) is 0 Å². The zero-order valence-corrected chi connectivity index (χ0v) is 8.93. The van der Waals surface area contributed by atoms with E-state index in [-0.39, 0.29) is 0 Å². The minimum Gasteiger partial charge on any atom is -0.387 e. The van der Waals surface area contributed by atoms with Crippen molar-refractivity contribution < 1.29 is 5.11 Å². The van der Waals surface area contributed by atoms with Crippen molar-refractivity contribution in [3.05, 3.63) is 34.3 Å². The molecule has 1 aliphatic rings. The molecule has 0 bridgehead atoms. The Morgan fingerprint density at radius 3 is 2.79 bits per heavy atom. The Morgan fingerprint density at radius 1 is 1.50 bits per heavy atom. The van der Waals surface area contributed by atoms with Gasteiger partial charge in [0.25, 0.3) is 0 Å². The fraction of sp³-hybridized carbons (Fsp3) is 0.455. The number of hydrogen-bond acceptors (Lipinski definition) is 2. The molecule has 0 saturated carbocycles. The predicted molar refractivity (Wildman–Crippen MR) is 57.7 cm³/mol. The van der Waals surface area contributed by atoms with E-state index in [0.717, 1.165) is 10.6 Å². The Morgan fingerprint density at radius 2 is 2.21 bits per heavy atom. The van der Waals surface area contributed by atoms with E-state index in [2.05, 4.69) is 5.32 Å². The van der Waals surface area contributed by atoms with Gasteiger partial charge in [0.05, 0.1) is 5.60 Å². The highest BCUT2D eigenvalue weighted by Crippen LogP contribution is 2.24. The lowest BCUT2D eigenvalue weighted by atomic mass is 9.89. The molecule has 1 heterocycles. The summed E-state index contributed by atoms with van der Waals surface area (Å²) in [5, 5.41) is 13.8. The molecule has 0 unspecified atom stereocenters. The van der Waals surface area contributed by atoms with E-state index >= 15 is 0 Å². The van der Waals surface area contributed by atoms with Crippen LogP contribution in [-0.4, -0.2) is 23.8 Å². The Balaban J connectivity index is 2.19. The molecule has 0 radical (unpaired) electrons. The third kappa shape index (κ3) is 1.92. The van der Waals surface area contributed by atoms with Crippen molar-refractivity contribution >= 4 is 11.6 Å². The summed E-state index contributed by atoms with van der Waals surface area (Å²) in [5.41, 5.74) is 1.63. The minimum absolute atomic E-state index is 0.586. The van der Waals surface area contributed by atoms with Crippen LogP contribution in [0.4, 0.5) is 0 Å². The van der Waals surface area contributed by atoms with Gasteiger partial charge in [-0.25, -0.2) is 0 Å². The van der Waals surface area contributed by atoms with Crippen molar-refractivity contribution in [1.82, 2.24) is 5.32 Å². The molecule has 2 N–H and O–H groups in total. The smallest absolute Gasteiger partial charge is 0.0935 e. The summed E-state index contributed by atoms with van der Waals surface area (Å²) in [4.78, 5) is 0. The zero-order chi connectivity index (χ0) is 10.2. The van der Waals surface area contributed by atoms with E-state index in [0.29, 0.717) is 19.5 Å². The third-order valence-electron chi connectivity index (χ3n) is 2.63. The number of aryl methyl sites for hydroxylation is 1. The van der Waals surface area contributed by atoms with E-state index in [1.807, 2.05) is 25.1 Å². The number of aliphatic hydroxyl groups is 1. The summed E-state index contributed by atoms with van der Waals surface area (Å²) in [5.74, 6) is 0. The molecule has 2 nitrogen and oxygen atoms in total. The number of β-amino-alcohol motifs (C(OH)–C–C–N with tert-alkyl or cyclic N) is 1. The van der Waals surface area contributed by atoms with Gasteiger partial charge >= 0.3 is 0 Å². The standard InChI is InChI=1S/C11H14ClNO/c1-8-2-3-10(12)9(4-8)5-11(14)6-13-7-11/h2-4,13-14H,5-7H2,1H3. The molecule has 1 fully saturated rings. The van der Waals surface area contributed by atoms with Crippen LogP contribution in [0.1, 0.15) is 11.1 Å². The van der Waals surface area contributed by atoms with Crippen LogP contribution in [0, 0.1) is 6.92 Å². The first-order valence-electron chi connectivity index (χ1n) is 4.77. The van der Waals surface area contributed by atoms with E-state index in [1.54, 1.807) is 0 Å². The number of nitrogens with one attached hydrogen (secondary N) is 1. The fourth-order valence-electron chi connectivity index (χ4n) is 1.73. The highest BCUT2D eigenvalue weighted by molar-refractivity contribution is 6.31. The maximum Gasteiger partial charge on any atom is 0.0935 e. The third-order valence-corrected chi connectivity index (χ3v) is 3.00. The van der Waals surface area contributed by atoms with Gasteiger partial charge in [-0.2, -0.15) is 0 Å². The van der Waals surface area contributed by atoms with Gasteiger partial charge in [-0.3, -0.25) is 0 Å². The second-order valence-corrected chi connectivity index (χ2v) is 4.51. The lowest BCUT2D eigenvalue weighted by Gasteiger charge is -2.38. The minimum atomic E-state index is -0.586. The molecule has 76 valence electrons.